The summed E-state index contributed by atoms with van der Waals surface area (Å²) in [6.07, 6.45) is 1.68. The number of piperidine rings is 1. The molecule has 0 aliphatic carbocycles. The molecular formula is C16H27ClN2O4S. The van der Waals surface area contributed by atoms with E-state index in [1.807, 2.05) is 6.92 Å². The van der Waals surface area contributed by atoms with Gasteiger partial charge in [-0.25, -0.2) is 8.42 Å². The van der Waals surface area contributed by atoms with Crippen LogP contribution in [0.4, 0.5) is 0 Å². The molecule has 0 bridgehead atoms. The fourth-order valence-electron chi connectivity index (χ4n) is 2.60. The van der Waals surface area contributed by atoms with Gasteiger partial charge in [-0.3, -0.25) is 0 Å². The van der Waals surface area contributed by atoms with Crippen molar-refractivity contribution in [1.29, 1.82) is 0 Å². The first kappa shape index (κ1) is 21.2. The first-order chi connectivity index (χ1) is 11.1. The second-order valence-electron chi connectivity index (χ2n) is 5.52. The molecule has 6 nitrogen and oxygen atoms in total. The van der Waals surface area contributed by atoms with E-state index in [0.29, 0.717) is 30.5 Å². The molecule has 0 atom stereocenters. The van der Waals surface area contributed by atoms with Gasteiger partial charge in [0.2, 0.25) is 10.0 Å². The van der Waals surface area contributed by atoms with Crippen molar-refractivity contribution in [3.05, 3.63) is 24.3 Å². The summed E-state index contributed by atoms with van der Waals surface area (Å²) in [6.45, 7) is 5.28. The molecule has 1 heterocycles. The third kappa shape index (κ3) is 5.60. The molecule has 1 aromatic carbocycles. The van der Waals surface area contributed by atoms with E-state index < -0.39 is 10.0 Å². The van der Waals surface area contributed by atoms with E-state index in [0.717, 1.165) is 25.9 Å². The van der Waals surface area contributed by atoms with Gasteiger partial charge in [-0.05, 0) is 57.1 Å². The molecule has 1 fully saturated rings. The van der Waals surface area contributed by atoms with Gasteiger partial charge in [0.1, 0.15) is 12.4 Å². The van der Waals surface area contributed by atoms with Gasteiger partial charge in [0, 0.05) is 19.7 Å². The number of hydrogen-bond donors (Lipinski definition) is 1. The molecule has 8 heteroatoms. The van der Waals surface area contributed by atoms with Crippen molar-refractivity contribution < 1.29 is 17.9 Å². The van der Waals surface area contributed by atoms with E-state index in [1.54, 1.807) is 31.3 Å². The SMILES string of the molecule is CCOCCOc1ccc(S(=O)(=O)N(C)C2CCNCC2)cc1.Cl. The topological polar surface area (TPSA) is 67.9 Å². The van der Waals surface area contributed by atoms with Crippen molar-refractivity contribution in [3.63, 3.8) is 0 Å². The molecule has 138 valence electrons. The van der Waals surface area contributed by atoms with Crippen LogP contribution >= 0.6 is 12.4 Å². The van der Waals surface area contributed by atoms with E-state index in [9.17, 15) is 8.42 Å². The Morgan fingerprint density at radius 3 is 2.38 bits per heavy atom. The summed E-state index contributed by atoms with van der Waals surface area (Å²) in [5.74, 6) is 0.646. The monoisotopic (exact) mass is 378 g/mol. The second kappa shape index (κ2) is 10.2. The maximum absolute atomic E-state index is 12.7. The Kier molecular flexibility index (Phi) is 9.01. The highest BCUT2D eigenvalue weighted by Gasteiger charge is 2.28. The van der Waals surface area contributed by atoms with Crippen LogP contribution < -0.4 is 10.1 Å². The van der Waals surface area contributed by atoms with Crippen LogP contribution in [0.25, 0.3) is 0 Å². The zero-order valence-electron chi connectivity index (χ0n) is 14.2. The average molecular weight is 379 g/mol. The Labute approximate surface area is 151 Å². The fourth-order valence-corrected chi connectivity index (χ4v) is 4.02. The molecular weight excluding hydrogens is 352 g/mol. The summed E-state index contributed by atoms with van der Waals surface area (Å²) >= 11 is 0. The highest BCUT2D eigenvalue weighted by Crippen LogP contribution is 2.22. The molecule has 1 saturated heterocycles. The van der Waals surface area contributed by atoms with E-state index in [4.69, 9.17) is 9.47 Å². The molecule has 1 N–H and O–H groups in total. The zero-order valence-corrected chi connectivity index (χ0v) is 15.9. The van der Waals surface area contributed by atoms with Gasteiger partial charge >= 0.3 is 0 Å². The first-order valence-electron chi connectivity index (χ1n) is 8.05. The van der Waals surface area contributed by atoms with Gasteiger partial charge in [0.05, 0.1) is 11.5 Å². The molecule has 2 rings (SSSR count). The Balaban J connectivity index is 0.00000288. The summed E-state index contributed by atoms with van der Waals surface area (Å²) in [5, 5.41) is 3.25. The average Bonchev–Trinajstić information content (AvgIpc) is 2.59. The Hall–Kier alpha value is -0.860. The van der Waals surface area contributed by atoms with Crippen molar-refractivity contribution >= 4 is 22.4 Å². The highest BCUT2D eigenvalue weighted by atomic mass is 35.5. The first-order valence-corrected chi connectivity index (χ1v) is 9.49. The number of halogens is 1. The predicted octanol–water partition coefficient (Wildman–Crippen LogP) is 1.90. The number of rotatable bonds is 8. The highest BCUT2D eigenvalue weighted by molar-refractivity contribution is 7.89. The maximum Gasteiger partial charge on any atom is 0.243 e. The smallest absolute Gasteiger partial charge is 0.243 e. The van der Waals surface area contributed by atoms with Crippen LogP contribution in [0.5, 0.6) is 5.75 Å². The Bertz CT molecular complexity index is 574. The minimum Gasteiger partial charge on any atom is -0.491 e. The van der Waals surface area contributed by atoms with E-state index in [-0.39, 0.29) is 18.4 Å². The number of ether oxygens (including phenoxy) is 2. The third-order valence-electron chi connectivity index (χ3n) is 4.02. The van der Waals surface area contributed by atoms with Gasteiger partial charge in [0.15, 0.2) is 0 Å². The van der Waals surface area contributed by atoms with Gasteiger partial charge in [-0.15, -0.1) is 12.4 Å². The van der Waals surface area contributed by atoms with Crippen LogP contribution in [0.3, 0.4) is 0 Å². The lowest BCUT2D eigenvalue weighted by atomic mass is 10.1. The lowest BCUT2D eigenvalue weighted by Crippen LogP contribution is -2.43. The van der Waals surface area contributed by atoms with Crippen LogP contribution in [-0.4, -0.2) is 58.7 Å². The molecule has 0 spiro atoms. The molecule has 1 aliphatic rings. The van der Waals surface area contributed by atoms with E-state index in [1.165, 1.54) is 4.31 Å². The van der Waals surface area contributed by atoms with Crippen LogP contribution in [0.15, 0.2) is 29.2 Å². The van der Waals surface area contributed by atoms with Gasteiger partial charge in [-0.2, -0.15) is 4.31 Å². The normalized spacial score (nSPS) is 16.0. The van der Waals surface area contributed by atoms with Crippen LogP contribution in [0, 0.1) is 0 Å². The molecule has 0 aromatic heterocycles. The van der Waals surface area contributed by atoms with Gasteiger partial charge in [0.25, 0.3) is 0 Å². The lowest BCUT2D eigenvalue weighted by molar-refractivity contribution is 0.110. The molecule has 0 amide bonds. The van der Waals surface area contributed by atoms with Crippen LogP contribution in [0.1, 0.15) is 19.8 Å². The van der Waals surface area contributed by atoms with E-state index in [2.05, 4.69) is 5.32 Å². The number of nitrogens with one attached hydrogen (secondary N) is 1. The Morgan fingerprint density at radius 1 is 1.17 bits per heavy atom. The van der Waals surface area contributed by atoms with Crippen LogP contribution in [-0.2, 0) is 14.8 Å². The lowest BCUT2D eigenvalue weighted by Gasteiger charge is -2.30. The number of nitrogens with zero attached hydrogens (tertiary/aromatic N) is 1. The quantitative estimate of drug-likeness (QED) is 0.700. The van der Waals surface area contributed by atoms with Crippen molar-refractivity contribution in [3.8, 4) is 5.75 Å². The summed E-state index contributed by atoms with van der Waals surface area (Å²) < 4.78 is 37.6. The van der Waals surface area contributed by atoms with Crippen molar-refractivity contribution in [1.82, 2.24) is 9.62 Å². The molecule has 0 saturated carbocycles. The summed E-state index contributed by atoms with van der Waals surface area (Å²) in [6, 6.07) is 6.64. The molecule has 0 unspecified atom stereocenters. The molecule has 1 aliphatic heterocycles. The van der Waals surface area contributed by atoms with Crippen molar-refractivity contribution in [2.75, 3.05) is 40.0 Å². The molecule has 24 heavy (non-hydrogen) atoms. The van der Waals surface area contributed by atoms with Gasteiger partial charge in [-0.1, -0.05) is 0 Å². The number of benzene rings is 1. The van der Waals surface area contributed by atoms with E-state index >= 15 is 0 Å². The Morgan fingerprint density at radius 2 is 1.79 bits per heavy atom. The standard InChI is InChI=1S/C16H26N2O4S.ClH/c1-3-21-12-13-22-15-4-6-16(7-5-15)23(19,20)18(2)14-8-10-17-11-9-14;/h4-7,14,17H,3,8-13H2,1-2H3;1H. The molecule has 1 aromatic rings. The zero-order chi connectivity index (χ0) is 16.7. The minimum atomic E-state index is -3.46. The molecule has 0 radical (unpaired) electrons. The van der Waals surface area contributed by atoms with Gasteiger partial charge < -0.3 is 14.8 Å². The van der Waals surface area contributed by atoms with Crippen LogP contribution in [0.2, 0.25) is 0 Å². The largest absolute Gasteiger partial charge is 0.491 e. The maximum atomic E-state index is 12.7. The van der Waals surface area contributed by atoms with Crippen molar-refractivity contribution in [2.24, 2.45) is 0 Å². The summed E-state index contributed by atoms with van der Waals surface area (Å²) in [5.41, 5.74) is 0. The minimum absolute atomic E-state index is 0. The predicted molar refractivity (Wildman–Crippen MR) is 96.5 cm³/mol. The number of sulfonamides is 1. The van der Waals surface area contributed by atoms with Crippen molar-refractivity contribution in [2.45, 2.75) is 30.7 Å². The summed E-state index contributed by atoms with van der Waals surface area (Å²) in [7, 11) is -1.79. The fraction of sp³-hybridized carbons (Fsp3) is 0.625. The number of hydrogen-bond acceptors (Lipinski definition) is 5. The summed E-state index contributed by atoms with van der Waals surface area (Å²) in [4.78, 5) is 0.302. The second-order valence-corrected chi connectivity index (χ2v) is 7.52. The third-order valence-corrected chi connectivity index (χ3v) is 5.95.